The van der Waals surface area contributed by atoms with Crippen molar-refractivity contribution in [1.82, 2.24) is 0 Å². The zero-order valence-corrected chi connectivity index (χ0v) is 10.5. The zero-order valence-electron chi connectivity index (χ0n) is 8.92. The van der Waals surface area contributed by atoms with Gasteiger partial charge in [-0.3, -0.25) is 0 Å². The molecule has 0 aromatic heterocycles. The van der Waals surface area contributed by atoms with Gasteiger partial charge in [0.1, 0.15) is 5.70 Å². The van der Waals surface area contributed by atoms with Crippen LogP contribution in [0.15, 0.2) is 40.5 Å². The first-order chi connectivity index (χ1) is 7.91. The van der Waals surface area contributed by atoms with Crippen LogP contribution in [0.3, 0.4) is 0 Å². The normalized spacial score (nSPS) is 11.1. The molecule has 0 aliphatic heterocycles. The molecule has 0 fully saturated rings. The third kappa shape index (κ3) is 3.60. The Hall–Kier alpha value is -1.82. The molecular formula is C11H10BrNO4. The van der Waals surface area contributed by atoms with Crippen LogP contribution in [-0.2, 0) is 9.59 Å². The van der Waals surface area contributed by atoms with E-state index < -0.39 is 11.9 Å². The summed E-state index contributed by atoms with van der Waals surface area (Å²) in [5.74, 6) is -2.59. The Balaban J connectivity index is 3.08. The molecule has 1 aromatic carbocycles. The van der Waals surface area contributed by atoms with Crippen molar-refractivity contribution in [2.24, 2.45) is 0 Å². The predicted octanol–water partition coefficient (Wildman–Crippen LogP) is 1.94. The minimum Gasteiger partial charge on any atom is -0.478 e. The highest BCUT2D eigenvalue weighted by Gasteiger charge is 2.16. The highest BCUT2D eigenvalue weighted by atomic mass is 79.9. The number of hydrogen-bond donors (Lipinski definition) is 2. The van der Waals surface area contributed by atoms with Crippen molar-refractivity contribution in [3.63, 3.8) is 0 Å². The van der Waals surface area contributed by atoms with Crippen molar-refractivity contribution in [2.75, 3.05) is 11.9 Å². The van der Waals surface area contributed by atoms with Gasteiger partial charge >= 0.3 is 11.9 Å². The molecule has 0 unspecified atom stereocenters. The maximum Gasteiger partial charge on any atom is 0.352 e. The summed E-state index contributed by atoms with van der Waals surface area (Å²) in [6.07, 6.45) is 0.657. The van der Waals surface area contributed by atoms with E-state index in [0.717, 1.165) is 4.47 Å². The lowest BCUT2D eigenvalue weighted by molar-refractivity contribution is -0.135. The largest absolute Gasteiger partial charge is 0.478 e. The Labute approximate surface area is 106 Å². The number of hydrogen-bond acceptors (Lipinski definition) is 3. The fourth-order valence-electron chi connectivity index (χ4n) is 1.22. The smallest absolute Gasteiger partial charge is 0.352 e. The highest BCUT2D eigenvalue weighted by Crippen LogP contribution is 2.20. The Kier molecular flexibility index (Phi) is 4.28. The molecule has 0 radical (unpaired) electrons. The summed E-state index contributed by atoms with van der Waals surface area (Å²) >= 11 is 3.26. The van der Waals surface area contributed by atoms with Crippen molar-refractivity contribution < 1.29 is 19.8 Å². The highest BCUT2D eigenvalue weighted by molar-refractivity contribution is 9.10. The molecule has 6 heteroatoms. The molecule has 1 aromatic rings. The van der Waals surface area contributed by atoms with Gasteiger partial charge in [-0.2, -0.15) is 0 Å². The van der Waals surface area contributed by atoms with Crippen molar-refractivity contribution in [2.45, 2.75) is 0 Å². The number of aliphatic carboxylic acids is 2. The second-order valence-corrected chi connectivity index (χ2v) is 4.12. The molecule has 90 valence electrons. The molecule has 0 bridgehead atoms. The van der Waals surface area contributed by atoms with Crippen LogP contribution >= 0.6 is 15.9 Å². The minimum atomic E-state index is -1.30. The Bertz CT molecular complexity index is 467. The number of carboxylic acids is 2. The molecular weight excluding hydrogens is 290 g/mol. The van der Waals surface area contributed by atoms with Gasteiger partial charge in [-0.15, -0.1) is 0 Å². The van der Waals surface area contributed by atoms with Crippen LogP contribution in [0.2, 0.25) is 0 Å². The van der Waals surface area contributed by atoms with E-state index in [1.165, 1.54) is 11.9 Å². The maximum absolute atomic E-state index is 10.9. The standard InChI is InChI=1S/C11H10BrNO4/c1-13(8-4-2-7(12)3-5-8)9(11(16)17)6-10(14)15/h2-6H,1H3,(H,14,15)(H,16,17)/b9-6-. The summed E-state index contributed by atoms with van der Waals surface area (Å²) in [7, 11) is 1.49. The van der Waals surface area contributed by atoms with Crippen molar-refractivity contribution in [3.8, 4) is 0 Å². The summed E-state index contributed by atoms with van der Waals surface area (Å²) in [6, 6.07) is 6.85. The van der Waals surface area contributed by atoms with E-state index in [4.69, 9.17) is 10.2 Å². The summed E-state index contributed by atoms with van der Waals surface area (Å²) in [5, 5.41) is 17.5. The van der Waals surface area contributed by atoms with E-state index in [2.05, 4.69) is 15.9 Å². The number of benzene rings is 1. The summed E-state index contributed by atoms with van der Waals surface area (Å²) in [5.41, 5.74) is 0.280. The van der Waals surface area contributed by atoms with E-state index in [-0.39, 0.29) is 5.70 Å². The lowest BCUT2D eigenvalue weighted by Crippen LogP contribution is -2.23. The fraction of sp³-hybridized carbons (Fsp3) is 0.0909. The van der Waals surface area contributed by atoms with Crippen LogP contribution in [-0.4, -0.2) is 29.2 Å². The average molecular weight is 300 g/mol. The van der Waals surface area contributed by atoms with Crippen molar-refractivity contribution in [1.29, 1.82) is 0 Å². The zero-order chi connectivity index (χ0) is 13.0. The quantitative estimate of drug-likeness (QED) is 0.831. The van der Waals surface area contributed by atoms with E-state index in [1.807, 2.05) is 0 Å². The van der Waals surface area contributed by atoms with Gasteiger partial charge in [-0.05, 0) is 24.3 Å². The average Bonchev–Trinajstić information content (AvgIpc) is 2.25. The third-order valence-corrected chi connectivity index (χ3v) is 2.58. The van der Waals surface area contributed by atoms with Crippen LogP contribution in [0.1, 0.15) is 0 Å². The molecule has 1 rings (SSSR count). The van der Waals surface area contributed by atoms with Gasteiger partial charge in [-0.1, -0.05) is 15.9 Å². The molecule has 0 saturated heterocycles. The first-order valence-corrected chi connectivity index (χ1v) is 5.38. The van der Waals surface area contributed by atoms with Crippen LogP contribution in [0, 0.1) is 0 Å². The first kappa shape index (κ1) is 13.2. The number of carbonyl (C=O) groups is 2. The molecule has 0 atom stereocenters. The molecule has 0 amide bonds. The van der Waals surface area contributed by atoms with Crippen LogP contribution in [0.25, 0.3) is 0 Å². The van der Waals surface area contributed by atoms with Crippen molar-refractivity contribution in [3.05, 3.63) is 40.5 Å². The Morgan fingerprint density at radius 2 is 1.76 bits per heavy atom. The summed E-state index contributed by atoms with van der Waals surface area (Å²) < 4.78 is 0.855. The van der Waals surface area contributed by atoms with Gasteiger partial charge < -0.3 is 15.1 Å². The first-order valence-electron chi connectivity index (χ1n) is 4.59. The SMILES string of the molecule is CN(/C(=C\C(=O)O)C(=O)O)c1ccc(Br)cc1. The molecule has 0 saturated carbocycles. The van der Waals surface area contributed by atoms with Gasteiger partial charge in [0.25, 0.3) is 0 Å². The second kappa shape index (κ2) is 5.49. The molecule has 0 spiro atoms. The second-order valence-electron chi connectivity index (χ2n) is 3.21. The maximum atomic E-state index is 10.9. The number of rotatable bonds is 4. The number of halogens is 1. The lowest BCUT2D eigenvalue weighted by atomic mass is 10.2. The molecule has 5 nitrogen and oxygen atoms in total. The van der Waals surface area contributed by atoms with Gasteiger partial charge in [0, 0.05) is 17.2 Å². The van der Waals surface area contributed by atoms with Gasteiger partial charge in [0.15, 0.2) is 0 Å². The molecule has 2 N–H and O–H groups in total. The molecule has 0 heterocycles. The third-order valence-electron chi connectivity index (χ3n) is 2.05. The van der Waals surface area contributed by atoms with Gasteiger partial charge in [-0.25, -0.2) is 9.59 Å². The fourth-order valence-corrected chi connectivity index (χ4v) is 1.49. The Morgan fingerprint density at radius 3 is 2.18 bits per heavy atom. The number of anilines is 1. The van der Waals surface area contributed by atoms with E-state index in [1.54, 1.807) is 24.3 Å². The molecule has 0 aliphatic carbocycles. The van der Waals surface area contributed by atoms with Crippen molar-refractivity contribution >= 4 is 33.6 Å². The van der Waals surface area contributed by atoms with Gasteiger partial charge in [0.05, 0.1) is 6.08 Å². The Morgan fingerprint density at radius 1 is 1.24 bits per heavy atom. The van der Waals surface area contributed by atoms with Crippen LogP contribution in [0.4, 0.5) is 5.69 Å². The number of likely N-dealkylation sites (N-methyl/N-ethyl adjacent to an activating group) is 1. The van der Waals surface area contributed by atoms with Crippen LogP contribution in [0.5, 0.6) is 0 Å². The van der Waals surface area contributed by atoms with E-state index in [0.29, 0.717) is 11.8 Å². The summed E-state index contributed by atoms with van der Waals surface area (Å²) in [6.45, 7) is 0. The number of nitrogens with zero attached hydrogens (tertiary/aromatic N) is 1. The topological polar surface area (TPSA) is 77.8 Å². The summed E-state index contributed by atoms with van der Waals surface area (Å²) in [4.78, 5) is 22.8. The predicted molar refractivity (Wildman–Crippen MR) is 65.9 cm³/mol. The van der Waals surface area contributed by atoms with Crippen LogP contribution < -0.4 is 4.90 Å². The molecule has 17 heavy (non-hydrogen) atoms. The van der Waals surface area contributed by atoms with E-state index in [9.17, 15) is 9.59 Å². The van der Waals surface area contributed by atoms with E-state index >= 15 is 0 Å². The molecule has 0 aliphatic rings. The monoisotopic (exact) mass is 299 g/mol. The minimum absolute atomic E-state index is 0.306. The number of carboxylic acid groups (broad SMARTS) is 2. The van der Waals surface area contributed by atoms with Gasteiger partial charge in [0.2, 0.25) is 0 Å². The lowest BCUT2D eigenvalue weighted by Gasteiger charge is -2.19.